The minimum atomic E-state index is 0.0338. The zero-order valence-electron chi connectivity index (χ0n) is 14.1. The van der Waals surface area contributed by atoms with Crippen LogP contribution in [0.15, 0.2) is 0 Å². The molecule has 4 unspecified atom stereocenters. The molecule has 0 aromatic rings. The lowest BCUT2D eigenvalue weighted by Crippen LogP contribution is -2.34. The molecule has 4 atom stereocenters. The number of carbonyl (C=O) groups is 1. The van der Waals surface area contributed by atoms with Crippen molar-refractivity contribution in [3.63, 3.8) is 0 Å². The van der Waals surface area contributed by atoms with Gasteiger partial charge in [0.25, 0.3) is 0 Å². The largest absolute Gasteiger partial charge is 0.469 e. The third-order valence-corrected chi connectivity index (χ3v) is 5.97. The molecular formula is C19H34O2. The van der Waals surface area contributed by atoms with Gasteiger partial charge in [0.2, 0.25) is 0 Å². The maximum absolute atomic E-state index is 11.7. The third-order valence-electron chi connectivity index (χ3n) is 5.97. The quantitative estimate of drug-likeness (QED) is 0.467. The van der Waals surface area contributed by atoms with E-state index >= 15 is 0 Å². The van der Waals surface area contributed by atoms with Crippen molar-refractivity contribution in [3.05, 3.63) is 0 Å². The Balaban J connectivity index is 1.67. The van der Waals surface area contributed by atoms with Gasteiger partial charge in [-0.05, 0) is 49.9 Å². The highest BCUT2D eigenvalue weighted by Gasteiger charge is 2.37. The number of unbranched alkanes of at least 4 members (excludes halogenated alkanes) is 4. The van der Waals surface area contributed by atoms with Crippen molar-refractivity contribution in [2.75, 3.05) is 7.11 Å². The number of hydrogen-bond acceptors (Lipinski definition) is 2. The number of rotatable bonds is 7. The first-order valence-electron chi connectivity index (χ1n) is 9.32. The van der Waals surface area contributed by atoms with Gasteiger partial charge in [0.15, 0.2) is 0 Å². The van der Waals surface area contributed by atoms with Crippen LogP contribution in [0.1, 0.15) is 84.0 Å². The van der Waals surface area contributed by atoms with Crippen LogP contribution in [-0.2, 0) is 9.53 Å². The Morgan fingerprint density at radius 1 is 0.952 bits per heavy atom. The first kappa shape index (κ1) is 16.8. The van der Waals surface area contributed by atoms with Crippen LogP contribution >= 0.6 is 0 Å². The number of carbonyl (C=O) groups excluding carboxylic acids is 1. The normalized spacial score (nSPS) is 32.5. The number of hydrogen-bond donors (Lipinski definition) is 0. The molecule has 2 heteroatoms. The zero-order chi connectivity index (χ0) is 15.1. The van der Waals surface area contributed by atoms with E-state index in [0.29, 0.717) is 0 Å². The molecule has 0 spiro atoms. The summed E-state index contributed by atoms with van der Waals surface area (Å²) in [6.45, 7) is 2.28. The molecule has 2 aliphatic carbocycles. The van der Waals surface area contributed by atoms with Crippen molar-refractivity contribution >= 4 is 5.97 Å². The first-order valence-corrected chi connectivity index (χ1v) is 9.32. The van der Waals surface area contributed by atoms with Crippen LogP contribution in [0.5, 0.6) is 0 Å². The van der Waals surface area contributed by atoms with Crippen molar-refractivity contribution in [1.29, 1.82) is 0 Å². The fourth-order valence-corrected chi connectivity index (χ4v) is 4.67. The van der Waals surface area contributed by atoms with E-state index in [9.17, 15) is 4.79 Å². The van der Waals surface area contributed by atoms with Crippen molar-refractivity contribution in [2.24, 2.45) is 23.7 Å². The molecule has 21 heavy (non-hydrogen) atoms. The van der Waals surface area contributed by atoms with E-state index in [-0.39, 0.29) is 11.9 Å². The lowest BCUT2D eigenvalue weighted by molar-refractivity contribution is -0.148. The molecular weight excluding hydrogens is 260 g/mol. The van der Waals surface area contributed by atoms with E-state index < -0.39 is 0 Å². The van der Waals surface area contributed by atoms with Gasteiger partial charge in [-0.25, -0.2) is 0 Å². The molecule has 0 N–H and O–H groups in total. The predicted molar refractivity (Wildman–Crippen MR) is 87.1 cm³/mol. The topological polar surface area (TPSA) is 26.3 Å². The van der Waals surface area contributed by atoms with Crippen LogP contribution in [-0.4, -0.2) is 13.1 Å². The summed E-state index contributed by atoms with van der Waals surface area (Å²) in [5.41, 5.74) is 0. The molecule has 0 aliphatic heterocycles. The third kappa shape index (κ3) is 5.00. The highest BCUT2D eigenvalue weighted by atomic mass is 16.5. The van der Waals surface area contributed by atoms with Gasteiger partial charge in [0.05, 0.1) is 13.0 Å². The summed E-state index contributed by atoms with van der Waals surface area (Å²) in [6.07, 6.45) is 16.1. The maximum atomic E-state index is 11.7. The lowest BCUT2D eigenvalue weighted by Gasteiger charge is -2.41. The van der Waals surface area contributed by atoms with Gasteiger partial charge in [-0.1, -0.05) is 51.9 Å². The van der Waals surface area contributed by atoms with Gasteiger partial charge < -0.3 is 4.74 Å². The Kier molecular flexibility index (Phi) is 7.06. The molecule has 0 heterocycles. The van der Waals surface area contributed by atoms with Gasteiger partial charge in [0.1, 0.15) is 0 Å². The van der Waals surface area contributed by atoms with E-state index in [0.717, 1.165) is 30.6 Å². The van der Waals surface area contributed by atoms with Crippen LogP contribution < -0.4 is 0 Å². The average molecular weight is 294 g/mol. The molecule has 0 aromatic heterocycles. The molecule has 0 bridgehead atoms. The van der Waals surface area contributed by atoms with E-state index in [1.165, 1.54) is 71.3 Å². The van der Waals surface area contributed by atoms with Gasteiger partial charge in [-0.2, -0.15) is 0 Å². The standard InChI is InChI=1S/C19H34O2/c1-3-4-5-6-7-8-15-9-10-17-14-18(19(20)21-2)12-11-16(17)13-15/h15-18H,3-14H2,1-2H3. The second-order valence-corrected chi connectivity index (χ2v) is 7.44. The summed E-state index contributed by atoms with van der Waals surface area (Å²) in [6, 6.07) is 0. The number of fused-ring (bicyclic) bond motifs is 1. The maximum Gasteiger partial charge on any atom is 0.308 e. The fraction of sp³-hybridized carbons (Fsp3) is 0.947. The Morgan fingerprint density at radius 2 is 1.67 bits per heavy atom. The van der Waals surface area contributed by atoms with Crippen LogP contribution in [0.3, 0.4) is 0 Å². The molecule has 0 radical (unpaired) electrons. The first-order chi connectivity index (χ1) is 10.2. The molecule has 0 saturated heterocycles. The van der Waals surface area contributed by atoms with Gasteiger partial charge >= 0.3 is 5.97 Å². The summed E-state index contributed by atoms with van der Waals surface area (Å²) < 4.78 is 4.94. The van der Waals surface area contributed by atoms with Crippen molar-refractivity contribution in [3.8, 4) is 0 Å². The minimum Gasteiger partial charge on any atom is -0.469 e. The van der Waals surface area contributed by atoms with Crippen molar-refractivity contribution in [2.45, 2.75) is 84.0 Å². The highest BCUT2D eigenvalue weighted by molar-refractivity contribution is 5.72. The van der Waals surface area contributed by atoms with E-state index in [1.807, 2.05) is 0 Å². The molecule has 0 aromatic carbocycles. The molecule has 122 valence electrons. The van der Waals surface area contributed by atoms with Crippen molar-refractivity contribution < 1.29 is 9.53 Å². The average Bonchev–Trinajstić information content (AvgIpc) is 2.53. The van der Waals surface area contributed by atoms with Gasteiger partial charge in [0, 0.05) is 0 Å². The lowest BCUT2D eigenvalue weighted by atomic mass is 9.64. The van der Waals surface area contributed by atoms with E-state index in [4.69, 9.17) is 4.74 Å². The highest BCUT2D eigenvalue weighted by Crippen LogP contribution is 2.46. The molecule has 2 aliphatic rings. The van der Waals surface area contributed by atoms with E-state index in [2.05, 4.69) is 6.92 Å². The second-order valence-electron chi connectivity index (χ2n) is 7.44. The summed E-state index contributed by atoms with van der Waals surface area (Å²) in [4.78, 5) is 11.7. The van der Waals surface area contributed by atoms with Crippen LogP contribution in [0.25, 0.3) is 0 Å². The molecule has 2 nitrogen and oxygen atoms in total. The second kappa shape index (κ2) is 8.80. The minimum absolute atomic E-state index is 0.0338. The van der Waals surface area contributed by atoms with Crippen molar-refractivity contribution in [1.82, 2.24) is 0 Å². The summed E-state index contributed by atoms with van der Waals surface area (Å²) >= 11 is 0. The summed E-state index contributed by atoms with van der Waals surface area (Å²) in [7, 11) is 1.53. The molecule has 0 amide bonds. The van der Waals surface area contributed by atoms with Crippen LogP contribution in [0.2, 0.25) is 0 Å². The SMILES string of the molecule is CCCCCCCC1CCC2CC(C(=O)OC)CCC2C1. The Labute approximate surface area is 131 Å². The molecule has 2 saturated carbocycles. The number of methoxy groups -OCH3 is 1. The molecule has 2 rings (SSSR count). The summed E-state index contributed by atoms with van der Waals surface area (Å²) in [5.74, 6) is 2.91. The fourth-order valence-electron chi connectivity index (χ4n) is 4.67. The van der Waals surface area contributed by atoms with Crippen LogP contribution in [0, 0.1) is 23.7 Å². The number of esters is 1. The van der Waals surface area contributed by atoms with Gasteiger partial charge in [-0.15, -0.1) is 0 Å². The number of ether oxygens (including phenoxy) is 1. The Hall–Kier alpha value is -0.530. The zero-order valence-corrected chi connectivity index (χ0v) is 14.1. The molecule has 2 fully saturated rings. The summed E-state index contributed by atoms with van der Waals surface area (Å²) in [5, 5.41) is 0. The smallest absolute Gasteiger partial charge is 0.308 e. The predicted octanol–water partition coefficient (Wildman–Crippen LogP) is 5.35. The van der Waals surface area contributed by atoms with Crippen LogP contribution in [0.4, 0.5) is 0 Å². The Bertz CT molecular complexity index is 313. The Morgan fingerprint density at radius 3 is 2.43 bits per heavy atom. The van der Waals surface area contributed by atoms with E-state index in [1.54, 1.807) is 0 Å². The monoisotopic (exact) mass is 294 g/mol. The van der Waals surface area contributed by atoms with Gasteiger partial charge in [-0.3, -0.25) is 4.79 Å².